The first-order valence-electron chi connectivity index (χ1n) is 4.46. The molecule has 0 aliphatic heterocycles. The summed E-state index contributed by atoms with van der Waals surface area (Å²) in [5, 5.41) is 0. The van der Waals surface area contributed by atoms with Gasteiger partial charge in [-0.05, 0) is 6.42 Å². The van der Waals surface area contributed by atoms with Crippen molar-refractivity contribution in [3.63, 3.8) is 0 Å². The van der Waals surface area contributed by atoms with E-state index in [2.05, 4.69) is 23.0 Å². The third-order valence-electron chi connectivity index (χ3n) is 1.05. The van der Waals surface area contributed by atoms with Crippen LogP contribution in [0.25, 0.3) is 0 Å². The maximum atomic E-state index is 10.1. The zero-order chi connectivity index (χ0) is 11.4. The van der Waals surface area contributed by atoms with Crippen LogP contribution in [0, 0.1) is 0 Å². The zero-order valence-electron chi connectivity index (χ0n) is 9.04. The quantitative estimate of drug-likeness (QED) is 0.397. The van der Waals surface area contributed by atoms with E-state index in [1.165, 1.54) is 13.8 Å². The number of hydrogen-bond acceptors (Lipinski definition) is 4. The van der Waals surface area contributed by atoms with Crippen LogP contribution in [0.15, 0.2) is 12.8 Å². The van der Waals surface area contributed by atoms with E-state index in [-0.39, 0.29) is 11.9 Å². The summed E-state index contributed by atoms with van der Waals surface area (Å²) >= 11 is 0. The van der Waals surface area contributed by atoms with Crippen LogP contribution in [-0.4, -0.2) is 18.5 Å². The Bertz CT molecular complexity index is 175. The minimum Gasteiger partial charge on any atom is -0.466 e. The number of unbranched alkanes of at least 4 members (excludes halogenated alkanes) is 1. The number of ether oxygens (including phenoxy) is 2. The van der Waals surface area contributed by atoms with Gasteiger partial charge in [0.2, 0.25) is 0 Å². The second kappa shape index (κ2) is 11.7. The fraction of sp³-hybridized carbons (Fsp3) is 0.600. The third kappa shape index (κ3) is 22.4. The largest absolute Gasteiger partial charge is 0.466 e. The molecule has 0 unspecified atom stereocenters. The minimum absolute atomic E-state index is 0.182. The van der Waals surface area contributed by atoms with Gasteiger partial charge in [0.15, 0.2) is 0 Å². The Morgan fingerprint density at radius 1 is 1.29 bits per heavy atom. The number of esters is 2. The molecule has 0 spiro atoms. The van der Waals surface area contributed by atoms with Gasteiger partial charge in [0.05, 0.1) is 12.9 Å². The Labute approximate surface area is 84.9 Å². The molecule has 0 atom stereocenters. The summed E-state index contributed by atoms with van der Waals surface area (Å²) in [6, 6.07) is 0. The minimum atomic E-state index is -0.329. The highest BCUT2D eigenvalue weighted by Crippen LogP contribution is 1.86. The Morgan fingerprint density at radius 2 is 1.86 bits per heavy atom. The second-order valence-electron chi connectivity index (χ2n) is 2.47. The lowest BCUT2D eigenvalue weighted by molar-refractivity contribution is -0.141. The van der Waals surface area contributed by atoms with Crippen molar-refractivity contribution in [3.8, 4) is 0 Å². The van der Waals surface area contributed by atoms with E-state index in [1.54, 1.807) is 0 Å². The third-order valence-corrected chi connectivity index (χ3v) is 1.05. The number of carbonyl (C=O) groups is 2. The molecule has 0 aliphatic carbocycles. The number of carbonyl (C=O) groups excluding carboxylic acids is 2. The number of hydrogen-bond donors (Lipinski definition) is 0. The van der Waals surface area contributed by atoms with Gasteiger partial charge in [0.1, 0.15) is 0 Å². The van der Waals surface area contributed by atoms with Gasteiger partial charge in [-0.25, -0.2) is 0 Å². The normalized spacial score (nSPS) is 7.93. The van der Waals surface area contributed by atoms with Gasteiger partial charge < -0.3 is 9.47 Å². The smallest absolute Gasteiger partial charge is 0.307 e. The molecule has 4 nitrogen and oxygen atoms in total. The predicted molar refractivity (Wildman–Crippen MR) is 53.5 cm³/mol. The molecular formula is C10H18O4. The molecule has 0 amide bonds. The molecule has 0 saturated carbocycles. The van der Waals surface area contributed by atoms with E-state index in [9.17, 15) is 9.59 Å². The van der Waals surface area contributed by atoms with Crippen LogP contribution in [-0.2, 0) is 19.1 Å². The predicted octanol–water partition coefficient (Wildman–Crippen LogP) is 2.04. The van der Waals surface area contributed by atoms with Crippen molar-refractivity contribution in [2.45, 2.75) is 33.6 Å². The van der Waals surface area contributed by atoms with Crippen molar-refractivity contribution < 1.29 is 19.1 Å². The van der Waals surface area contributed by atoms with Gasteiger partial charge in [-0.2, -0.15) is 0 Å². The SMILES string of the molecule is C=COC(C)=O.CCCCOC(C)=O. The van der Waals surface area contributed by atoms with Crippen LogP contribution in [0.2, 0.25) is 0 Å². The highest BCUT2D eigenvalue weighted by atomic mass is 16.5. The molecule has 4 heteroatoms. The van der Waals surface area contributed by atoms with Crippen LogP contribution in [0.5, 0.6) is 0 Å². The lowest BCUT2D eigenvalue weighted by Crippen LogP contribution is -1.99. The fourth-order valence-electron chi connectivity index (χ4n) is 0.478. The molecule has 0 heterocycles. The van der Waals surface area contributed by atoms with Gasteiger partial charge >= 0.3 is 11.9 Å². The van der Waals surface area contributed by atoms with Gasteiger partial charge in [-0.1, -0.05) is 19.9 Å². The standard InChI is InChI=1S/C6H12O2.C4H6O2/c1-3-4-5-8-6(2)7;1-3-6-4(2)5/h3-5H2,1-2H3;3H,1H2,2H3. The summed E-state index contributed by atoms with van der Waals surface area (Å²) in [6.45, 7) is 8.54. The Balaban J connectivity index is 0. The summed E-state index contributed by atoms with van der Waals surface area (Å²) in [4.78, 5) is 19.8. The monoisotopic (exact) mass is 202 g/mol. The summed E-state index contributed by atoms with van der Waals surface area (Å²) < 4.78 is 8.81. The first-order valence-corrected chi connectivity index (χ1v) is 4.46. The van der Waals surface area contributed by atoms with Gasteiger partial charge in [-0.15, -0.1) is 0 Å². The number of rotatable bonds is 4. The highest BCUT2D eigenvalue weighted by Gasteiger charge is 1.88. The zero-order valence-corrected chi connectivity index (χ0v) is 9.04. The molecule has 0 aromatic carbocycles. The Kier molecular flexibility index (Phi) is 12.7. The van der Waals surface area contributed by atoms with Crippen LogP contribution in [0.3, 0.4) is 0 Å². The lowest BCUT2D eigenvalue weighted by Gasteiger charge is -1.96. The summed E-state index contributed by atoms with van der Waals surface area (Å²) in [5.74, 6) is -0.511. The van der Waals surface area contributed by atoms with Crippen LogP contribution in [0.1, 0.15) is 33.6 Å². The fourth-order valence-corrected chi connectivity index (χ4v) is 0.478. The lowest BCUT2D eigenvalue weighted by atomic mass is 10.4. The first-order chi connectivity index (χ1) is 6.54. The molecule has 0 bridgehead atoms. The molecule has 0 saturated heterocycles. The Morgan fingerprint density at radius 3 is 2.07 bits per heavy atom. The van der Waals surface area contributed by atoms with Crippen molar-refractivity contribution >= 4 is 11.9 Å². The molecule has 0 rings (SSSR count). The van der Waals surface area contributed by atoms with Gasteiger partial charge in [0.25, 0.3) is 0 Å². The van der Waals surface area contributed by atoms with Crippen molar-refractivity contribution in [3.05, 3.63) is 12.8 Å². The molecule has 0 fully saturated rings. The van der Waals surface area contributed by atoms with E-state index >= 15 is 0 Å². The molecule has 82 valence electrons. The summed E-state index contributed by atoms with van der Waals surface area (Å²) in [7, 11) is 0. The average Bonchev–Trinajstić information content (AvgIpc) is 2.05. The van der Waals surface area contributed by atoms with E-state index in [1.807, 2.05) is 0 Å². The maximum absolute atomic E-state index is 10.1. The highest BCUT2D eigenvalue weighted by molar-refractivity contribution is 5.66. The molecule has 0 aromatic rings. The molecule has 14 heavy (non-hydrogen) atoms. The Hall–Kier alpha value is -1.32. The van der Waals surface area contributed by atoms with E-state index in [4.69, 9.17) is 0 Å². The first kappa shape index (κ1) is 15.2. The van der Waals surface area contributed by atoms with E-state index in [0.29, 0.717) is 6.61 Å². The van der Waals surface area contributed by atoms with E-state index in [0.717, 1.165) is 19.1 Å². The van der Waals surface area contributed by atoms with Crippen LogP contribution < -0.4 is 0 Å². The summed E-state index contributed by atoms with van der Waals surface area (Å²) in [5.41, 5.74) is 0. The van der Waals surface area contributed by atoms with Crippen molar-refractivity contribution in [2.75, 3.05) is 6.61 Å². The second-order valence-corrected chi connectivity index (χ2v) is 2.47. The van der Waals surface area contributed by atoms with Crippen molar-refractivity contribution in [1.82, 2.24) is 0 Å². The topological polar surface area (TPSA) is 52.6 Å². The van der Waals surface area contributed by atoms with Gasteiger partial charge in [0, 0.05) is 13.8 Å². The van der Waals surface area contributed by atoms with E-state index < -0.39 is 0 Å². The molecule has 0 N–H and O–H groups in total. The molecule has 0 aliphatic rings. The average molecular weight is 202 g/mol. The van der Waals surface area contributed by atoms with Crippen molar-refractivity contribution in [2.24, 2.45) is 0 Å². The molecular weight excluding hydrogens is 184 g/mol. The molecule has 0 aromatic heterocycles. The van der Waals surface area contributed by atoms with Crippen LogP contribution >= 0.6 is 0 Å². The molecule has 0 radical (unpaired) electrons. The van der Waals surface area contributed by atoms with Gasteiger partial charge in [-0.3, -0.25) is 9.59 Å². The summed E-state index contributed by atoms with van der Waals surface area (Å²) in [6.07, 6.45) is 3.15. The van der Waals surface area contributed by atoms with Crippen molar-refractivity contribution in [1.29, 1.82) is 0 Å². The van der Waals surface area contributed by atoms with Crippen LogP contribution in [0.4, 0.5) is 0 Å². The maximum Gasteiger partial charge on any atom is 0.307 e.